The Kier molecular flexibility index (Phi) is 3.70. The number of hydrogen-bond donors (Lipinski definition) is 0. The largest absolute Gasteiger partial charge is 0.467 e. The molecule has 0 radical (unpaired) electrons. The van der Waals surface area contributed by atoms with Gasteiger partial charge in [0.1, 0.15) is 12.2 Å². The maximum Gasteiger partial charge on any atom is 0.328 e. The first-order valence-corrected chi connectivity index (χ1v) is 6.21. The van der Waals surface area contributed by atoms with Gasteiger partial charge in [-0.25, -0.2) is 18.0 Å². The Balaban J connectivity index is 2.25. The van der Waals surface area contributed by atoms with Crippen LogP contribution in [0, 0.1) is 5.41 Å². The van der Waals surface area contributed by atoms with E-state index < -0.39 is 48.6 Å². The zero-order valence-electron chi connectivity index (χ0n) is 11.2. The van der Waals surface area contributed by atoms with Gasteiger partial charge in [0.05, 0.1) is 26.9 Å². The van der Waals surface area contributed by atoms with E-state index >= 15 is 0 Å². The number of hydrogen-bond acceptors (Lipinski definition) is 4. The molecule has 20 heavy (non-hydrogen) atoms. The molecule has 2 aliphatic heterocycles. The van der Waals surface area contributed by atoms with Gasteiger partial charge in [-0.05, 0) is 0 Å². The molecule has 2 heterocycles. The van der Waals surface area contributed by atoms with Crippen LogP contribution in [-0.2, 0) is 19.1 Å². The van der Waals surface area contributed by atoms with Crippen LogP contribution in [0.3, 0.4) is 0 Å². The highest BCUT2D eigenvalue weighted by Crippen LogP contribution is 2.45. The molecular formula is C12H16F3NO4. The lowest BCUT2D eigenvalue weighted by Crippen LogP contribution is -2.64. The molecule has 0 unspecified atom stereocenters. The lowest BCUT2D eigenvalue weighted by atomic mass is 9.78. The highest BCUT2D eigenvalue weighted by Gasteiger charge is 2.64. The van der Waals surface area contributed by atoms with Crippen LogP contribution >= 0.6 is 0 Å². The molecule has 114 valence electrons. The first kappa shape index (κ1) is 15.1. The zero-order chi connectivity index (χ0) is 15.1. The van der Waals surface area contributed by atoms with Gasteiger partial charge >= 0.3 is 5.97 Å². The molecular weight excluding hydrogens is 279 g/mol. The molecule has 0 aromatic rings. The minimum Gasteiger partial charge on any atom is -0.467 e. The third kappa shape index (κ3) is 2.15. The van der Waals surface area contributed by atoms with Gasteiger partial charge in [-0.2, -0.15) is 0 Å². The normalized spacial score (nSPS) is 28.9. The molecule has 2 fully saturated rings. The average molecular weight is 295 g/mol. The van der Waals surface area contributed by atoms with Crippen molar-refractivity contribution in [1.29, 1.82) is 0 Å². The lowest BCUT2D eigenvalue weighted by Gasteiger charge is -2.46. The second kappa shape index (κ2) is 4.91. The number of methoxy groups -OCH3 is 1. The smallest absolute Gasteiger partial charge is 0.328 e. The molecule has 2 atom stereocenters. The summed E-state index contributed by atoms with van der Waals surface area (Å²) >= 11 is 0. The molecule has 1 amide bonds. The summed E-state index contributed by atoms with van der Waals surface area (Å²) in [5, 5.41) is 0. The average Bonchev–Trinajstić information content (AvgIpc) is 2.66. The van der Waals surface area contributed by atoms with Crippen molar-refractivity contribution in [3.8, 4) is 0 Å². The monoisotopic (exact) mass is 295 g/mol. The number of likely N-dealkylation sites (tertiary alicyclic amines) is 1. The third-order valence-electron chi connectivity index (χ3n) is 3.93. The van der Waals surface area contributed by atoms with E-state index in [0.29, 0.717) is 6.92 Å². The highest BCUT2D eigenvalue weighted by atomic mass is 19.3. The van der Waals surface area contributed by atoms with Crippen LogP contribution in [0.4, 0.5) is 13.2 Å². The molecule has 0 aliphatic carbocycles. The van der Waals surface area contributed by atoms with Crippen LogP contribution in [0.5, 0.6) is 0 Å². The Morgan fingerprint density at radius 3 is 2.40 bits per heavy atom. The van der Waals surface area contributed by atoms with Crippen LogP contribution in [-0.4, -0.2) is 61.8 Å². The van der Waals surface area contributed by atoms with E-state index in [4.69, 9.17) is 4.74 Å². The van der Waals surface area contributed by atoms with E-state index in [-0.39, 0.29) is 13.0 Å². The molecule has 5 nitrogen and oxygen atoms in total. The van der Waals surface area contributed by atoms with Crippen LogP contribution in [0.1, 0.15) is 13.3 Å². The van der Waals surface area contributed by atoms with Crippen LogP contribution in [0.25, 0.3) is 0 Å². The maximum absolute atomic E-state index is 13.7. The van der Waals surface area contributed by atoms with Gasteiger partial charge in [-0.15, -0.1) is 0 Å². The predicted octanol–water partition coefficient (Wildman–Crippen LogP) is 0.770. The van der Waals surface area contributed by atoms with E-state index in [2.05, 4.69) is 4.74 Å². The fraction of sp³-hybridized carbons (Fsp3) is 0.833. The molecule has 0 bridgehead atoms. The fourth-order valence-electron chi connectivity index (χ4n) is 2.51. The van der Waals surface area contributed by atoms with Crippen LogP contribution in [0.15, 0.2) is 0 Å². The molecule has 0 aromatic carbocycles. The van der Waals surface area contributed by atoms with Gasteiger partial charge in [-0.3, -0.25) is 4.79 Å². The Hall–Kier alpha value is -1.31. The third-order valence-corrected chi connectivity index (χ3v) is 3.93. The number of rotatable bonds is 3. The number of esters is 1. The summed E-state index contributed by atoms with van der Waals surface area (Å²) in [6.45, 7) is -0.618. The Morgan fingerprint density at radius 1 is 1.40 bits per heavy atom. The lowest BCUT2D eigenvalue weighted by molar-refractivity contribution is -0.237. The quantitative estimate of drug-likeness (QED) is 0.722. The standard InChI is InChI=1S/C12H16F3NO4/c1-11(14,15)12(5-20-6-12)10(18)16-4-7(13)3-8(16)9(17)19-2/h7-8H,3-6H2,1-2H3/t7-,8+/m1/s1. The Bertz CT molecular complexity index is 419. The number of halogens is 3. The summed E-state index contributed by atoms with van der Waals surface area (Å²) in [4.78, 5) is 24.8. The van der Waals surface area contributed by atoms with Crippen LogP contribution < -0.4 is 0 Å². The predicted molar refractivity (Wildman–Crippen MR) is 60.9 cm³/mol. The fourth-order valence-corrected chi connectivity index (χ4v) is 2.51. The molecule has 2 aliphatic rings. The van der Waals surface area contributed by atoms with E-state index in [9.17, 15) is 22.8 Å². The SMILES string of the molecule is COC(=O)[C@@H]1C[C@@H](F)CN1C(=O)C1(C(C)(F)F)COC1. The summed E-state index contributed by atoms with van der Waals surface area (Å²) in [6.07, 6.45) is -1.66. The number of amides is 1. The second-order valence-electron chi connectivity index (χ2n) is 5.29. The van der Waals surface area contributed by atoms with E-state index in [1.54, 1.807) is 0 Å². The number of alkyl halides is 3. The Morgan fingerprint density at radius 2 is 2.00 bits per heavy atom. The Labute approximate surface area is 114 Å². The first-order chi connectivity index (χ1) is 9.23. The van der Waals surface area contributed by atoms with Crippen molar-refractivity contribution in [2.75, 3.05) is 26.9 Å². The number of nitrogens with zero attached hydrogens (tertiary/aromatic N) is 1. The van der Waals surface area contributed by atoms with Gasteiger partial charge in [0.25, 0.3) is 5.92 Å². The summed E-state index contributed by atoms with van der Waals surface area (Å²) in [5.74, 6) is -5.06. The van der Waals surface area contributed by atoms with Crippen molar-refractivity contribution in [1.82, 2.24) is 4.90 Å². The molecule has 2 rings (SSSR count). The van der Waals surface area contributed by atoms with Gasteiger partial charge < -0.3 is 14.4 Å². The van der Waals surface area contributed by atoms with Crippen molar-refractivity contribution in [2.45, 2.75) is 31.5 Å². The molecule has 0 aromatic heterocycles. The van der Waals surface area contributed by atoms with Crippen molar-refractivity contribution in [3.63, 3.8) is 0 Å². The van der Waals surface area contributed by atoms with Crippen molar-refractivity contribution in [2.24, 2.45) is 5.41 Å². The number of carbonyl (C=O) groups is 2. The summed E-state index contributed by atoms with van der Waals surface area (Å²) in [7, 11) is 1.10. The van der Waals surface area contributed by atoms with Crippen molar-refractivity contribution >= 4 is 11.9 Å². The minimum atomic E-state index is -3.31. The van der Waals surface area contributed by atoms with E-state index in [0.717, 1.165) is 12.0 Å². The maximum atomic E-state index is 13.7. The molecule has 0 spiro atoms. The highest BCUT2D eigenvalue weighted by molar-refractivity contribution is 5.90. The molecule has 2 saturated heterocycles. The van der Waals surface area contributed by atoms with Crippen molar-refractivity contribution in [3.05, 3.63) is 0 Å². The summed E-state index contributed by atoms with van der Waals surface area (Å²) in [6, 6.07) is -1.15. The number of carbonyl (C=O) groups excluding carboxylic acids is 2. The first-order valence-electron chi connectivity index (χ1n) is 6.21. The summed E-state index contributed by atoms with van der Waals surface area (Å²) < 4.78 is 50.1. The zero-order valence-corrected chi connectivity index (χ0v) is 11.2. The molecule has 0 N–H and O–H groups in total. The van der Waals surface area contributed by atoms with Crippen LogP contribution in [0.2, 0.25) is 0 Å². The second-order valence-corrected chi connectivity index (χ2v) is 5.29. The summed E-state index contributed by atoms with van der Waals surface area (Å²) in [5.41, 5.74) is -2.01. The van der Waals surface area contributed by atoms with Gasteiger partial charge in [-0.1, -0.05) is 0 Å². The molecule has 8 heteroatoms. The van der Waals surface area contributed by atoms with E-state index in [1.807, 2.05) is 0 Å². The minimum absolute atomic E-state index is 0.232. The van der Waals surface area contributed by atoms with Gasteiger partial charge in [0.15, 0.2) is 5.41 Å². The van der Waals surface area contributed by atoms with Gasteiger partial charge in [0, 0.05) is 13.3 Å². The number of ether oxygens (including phenoxy) is 2. The van der Waals surface area contributed by atoms with E-state index in [1.165, 1.54) is 0 Å². The van der Waals surface area contributed by atoms with Crippen molar-refractivity contribution < 1.29 is 32.2 Å². The topological polar surface area (TPSA) is 55.8 Å². The van der Waals surface area contributed by atoms with Gasteiger partial charge in [0.2, 0.25) is 5.91 Å². The molecule has 0 saturated carbocycles.